The molecule has 2 bridgehead atoms. The van der Waals surface area contributed by atoms with Crippen LogP contribution in [0.15, 0.2) is 36.7 Å². The van der Waals surface area contributed by atoms with Crippen LogP contribution in [0.3, 0.4) is 0 Å². The van der Waals surface area contributed by atoms with Crippen LogP contribution >= 0.6 is 0 Å². The number of rotatable bonds is 6. The van der Waals surface area contributed by atoms with Crippen LogP contribution in [0.25, 0.3) is 0 Å². The maximum atomic E-state index is 5.63. The van der Waals surface area contributed by atoms with E-state index in [9.17, 15) is 0 Å². The van der Waals surface area contributed by atoms with Gasteiger partial charge in [-0.1, -0.05) is 13.8 Å². The van der Waals surface area contributed by atoms with Gasteiger partial charge in [-0.05, 0) is 60.9 Å². The van der Waals surface area contributed by atoms with Gasteiger partial charge in [-0.15, -0.1) is 0 Å². The molecule has 1 aromatic heterocycles. The topological polar surface area (TPSA) is 44.4 Å². The number of nitrogens with one attached hydrogen (secondary N) is 1. The molecule has 1 aromatic carbocycles. The lowest BCUT2D eigenvalue weighted by Gasteiger charge is -2.48. The van der Waals surface area contributed by atoms with Gasteiger partial charge in [0.05, 0.1) is 12.8 Å². The normalized spacial score (nSPS) is 24.8. The average Bonchev–Trinajstić information content (AvgIpc) is 3.04. The zero-order valence-electron chi connectivity index (χ0n) is 16.8. The van der Waals surface area contributed by atoms with Crippen molar-refractivity contribution in [3.8, 4) is 5.75 Å². The zero-order valence-corrected chi connectivity index (χ0v) is 16.8. The number of ether oxygens (including phenoxy) is 1. The molecule has 2 aromatic rings. The second-order valence-corrected chi connectivity index (χ2v) is 8.77. The smallest absolute Gasteiger partial charge is 0.119 e. The van der Waals surface area contributed by atoms with Crippen LogP contribution < -0.4 is 9.64 Å². The third-order valence-corrected chi connectivity index (χ3v) is 6.25. The van der Waals surface area contributed by atoms with E-state index in [0.717, 1.165) is 37.7 Å². The summed E-state index contributed by atoms with van der Waals surface area (Å²) in [7, 11) is 0. The van der Waals surface area contributed by atoms with Crippen molar-refractivity contribution in [2.45, 2.75) is 39.7 Å². The number of aromatic nitrogens is 2. The molecule has 5 rings (SSSR count). The Hall–Kier alpha value is -2.01. The number of piperidine rings is 1. The predicted octanol–water partition coefficient (Wildman–Crippen LogP) is 3.59. The third-order valence-electron chi connectivity index (χ3n) is 6.25. The van der Waals surface area contributed by atoms with Crippen LogP contribution in [0.1, 0.15) is 32.8 Å². The highest BCUT2D eigenvalue weighted by molar-refractivity contribution is 5.51. The fourth-order valence-electron chi connectivity index (χ4n) is 4.99. The number of anilines is 1. The molecule has 0 spiro atoms. The average molecular weight is 369 g/mol. The van der Waals surface area contributed by atoms with Crippen LogP contribution in [-0.2, 0) is 6.42 Å². The molecule has 0 aliphatic carbocycles. The maximum Gasteiger partial charge on any atom is 0.119 e. The number of H-pyrrole nitrogens is 1. The molecule has 5 heteroatoms. The Balaban J connectivity index is 1.51. The van der Waals surface area contributed by atoms with Gasteiger partial charge in [-0.3, -0.25) is 5.10 Å². The van der Waals surface area contributed by atoms with E-state index >= 15 is 0 Å². The summed E-state index contributed by atoms with van der Waals surface area (Å²) >= 11 is 0. The van der Waals surface area contributed by atoms with Crippen molar-refractivity contribution >= 4 is 5.69 Å². The minimum atomic E-state index is 0.325. The summed E-state index contributed by atoms with van der Waals surface area (Å²) in [6.45, 7) is 12.2. The van der Waals surface area contributed by atoms with Crippen LogP contribution in [0, 0.1) is 11.3 Å². The Labute approximate surface area is 162 Å². The van der Waals surface area contributed by atoms with Gasteiger partial charge in [0.2, 0.25) is 0 Å². The summed E-state index contributed by atoms with van der Waals surface area (Å²) in [6.07, 6.45) is 6.35. The van der Waals surface area contributed by atoms with Crippen LogP contribution in [-0.4, -0.2) is 53.9 Å². The first-order valence-corrected chi connectivity index (χ1v) is 10.2. The molecule has 3 aliphatic heterocycles. The summed E-state index contributed by atoms with van der Waals surface area (Å²) in [4.78, 5) is 5.33. The molecule has 27 heavy (non-hydrogen) atoms. The highest BCUT2D eigenvalue weighted by atomic mass is 16.5. The van der Waals surface area contributed by atoms with Crippen molar-refractivity contribution < 1.29 is 4.74 Å². The Kier molecular flexibility index (Phi) is 5.13. The minimum absolute atomic E-state index is 0.325. The van der Waals surface area contributed by atoms with E-state index in [1.165, 1.54) is 24.2 Å². The second-order valence-electron chi connectivity index (χ2n) is 8.77. The highest BCUT2D eigenvalue weighted by Crippen LogP contribution is 2.43. The number of aromatic amines is 1. The van der Waals surface area contributed by atoms with Gasteiger partial charge in [0, 0.05) is 44.1 Å². The first-order valence-electron chi connectivity index (χ1n) is 10.2. The summed E-state index contributed by atoms with van der Waals surface area (Å²) in [5.74, 6) is 1.68. The van der Waals surface area contributed by atoms with E-state index in [4.69, 9.17) is 4.74 Å². The van der Waals surface area contributed by atoms with E-state index in [-0.39, 0.29) is 0 Å². The first-order chi connectivity index (χ1) is 13.0. The van der Waals surface area contributed by atoms with Crippen LogP contribution in [0.5, 0.6) is 5.75 Å². The Morgan fingerprint density at radius 3 is 2.70 bits per heavy atom. The molecule has 0 amide bonds. The molecule has 146 valence electrons. The molecular formula is C22H32N4O. The number of nitrogens with zero attached hydrogens (tertiary/aromatic N) is 3. The van der Waals surface area contributed by atoms with Gasteiger partial charge >= 0.3 is 0 Å². The fourth-order valence-corrected chi connectivity index (χ4v) is 4.99. The van der Waals surface area contributed by atoms with Gasteiger partial charge in [-0.25, -0.2) is 0 Å². The number of fused-ring (bicyclic) bond motifs is 4. The molecule has 0 saturated carbocycles. The summed E-state index contributed by atoms with van der Waals surface area (Å²) in [6, 6.07) is 9.23. The second kappa shape index (κ2) is 7.55. The highest BCUT2D eigenvalue weighted by Gasteiger charge is 2.45. The SMILES string of the molecule is CCOc1ccc(N2CC3CN(CCc4cn[nH]c4)C[C@@H]2C(C)(C)C3)cc1. The zero-order chi connectivity index (χ0) is 18.9. The Morgan fingerprint density at radius 1 is 1.19 bits per heavy atom. The quantitative estimate of drug-likeness (QED) is 0.846. The van der Waals surface area contributed by atoms with Crippen molar-refractivity contribution in [1.82, 2.24) is 15.1 Å². The standard InChI is InChI=1S/C22H32N4O/c1-4-27-20-7-5-19(6-8-20)26-15-18-11-22(2,3)21(26)16-25(14-18)10-9-17-12-23-24-13-17/h5-8,12-13,18,21H,4,9-11,14-16H2,1-3H3,(H,23,24)/t18?,21-/m1/s1. The minimum Gasteiger partial charge on any atom is -0.494 e. The maximum absolute atomic E-state index is 5.63. The Morgan fingerprint density at radius 2 is 2.00 bits per heavy atom. The van der Waals surface area contributed by atoms with Gasteiger partial charge in [0.1, 0.15) is 5.75 Å². The van der Waals surface area contributed by atoms with E-state index < -0.39 is 0 Å². The lowest BCUT2D eigenvalue weighted by Crippen LogP contribution is -2.53. The summed E-state index contributed by atoms with van der Waals surface area (Å²) in [5.41, 5.74) is 2.96. The Bertz CT molecular complexity index is 725. The lowest BCUT2D eigenvalue weighted by molar-refractivity contribution is 0.190. The van der Waals surface area contributed by atoms with Gasteiger partial charge in [0.15, 0.2) is 0 Å². The summed E-state index contributed by atoms with van der Waals surface area (Å²) < 4.78 is 5.63. The number of hydrogen-bond acceptors (Lipinski definition) is 4. The van der Waals surface area contributed by atoms with Crippen molar-refractivity contribution in [2.24, 2.45) is 11.3 Å². The van der Waals surface area contributed by atoms with Gasteiger partial charge in [-0.2, -0.15) is 5.10 Å². The first kappa shape index (κ1) is 18.4. The van der Waals surface area contributed by atoms with Crippen LogP contribution in [0.4, 0.5) is 5.69 Å². The van der Waals surface area contributed by atoms with Crippen molar-refractivity contribution in [2.75, 3.05) is 37.7 Å². The van der Waals surface area contributed by atoms with E-state index in [2.05, 4.69) is 58.1 Å². The van der Waals surface area contributed by atoms with Crippen LogP contribution in [0.2, 0.25) is 0 Å². The van der Waals surface area contributed by atoms with E-state index in [0.29, 0.717) is 18.1 Å². The van der Waals surface area contributed by atoms with Crippen molar-refractivity contribution in [3.63, 3.8) is 0 Å². The molecule has 3 saturated heterocycles. The molecule has 3 fully saturated rings. The molecule has 4 heterocycles. The predicted molar refractivity (Wildman–Crippen MR) is 109 cm³/mol. The molecule has 3 aliphatic rings. The summed E-state index contributed by atoms with van der Waals surface area (Å²) in [5, 5.41) is 7.01. The number of hydrogen-bond donors (Lipinski definition) is 1. The van der Waals surface area contributed by atoms with E-state index in [1.807, 2.05) is 19.3 Å². The fraction of sp³-hybridized carbons (Fsp3) is 0.591. The largest absolute Gasteiger partial charge is 0.494 e. The third kappa shape index (κ3) is 3.98. The van der Waals surface area contributed by atoms with Crippen molar-refractivity contribution in [1.29, 1.82) is 0 Å². The molecule has 2 atom stereocenters. The molecule has 1 unspecified atom stereocenters. The van der Waals surface area contributed by atoms with E-state index in [1.54, 1.807) is 0 Å². The van der Waals surface area contributed by atoms with Gasteiger partial charge in [0.25, 0.3) is 0 Å². The number of benzene rings is 1. The van der Waals surface area contributed by atoms with Crippen molar-refractivity contribution in [3.05, 3.63) is 42.2 Å². The monoisotopic (exact) mass is 368 g/mol. The lowest BCUT2D eigenvalue weighted by atomic mass is 9.73. The molecule has 0 radical (unpaired) electrons. The molecule has 1 N–H and O–H groups in total. The van der Waals surface area contributed by atoms with Gasteiger partial charge < -0.3 is 14.5 Å². The molecule has 5 nitrogen and oxygen atoms in total. The molecular weight excluding hydrogens is 336 g/mol.